The zero-order valence-electron chi connectivity index (χ0n) is 13.4. The second-order valence-corrected chi connectivity index (χ2v) is 8.74. The second-order valence-electron chi connectivity index (χ2n) is 6.61. The van der Waals surface area contributed by atoms with Crippen LogP contribution in [-0.2, 0) is 6.54 Å². The largest absolute Gasteiger partial charge is 0.348 e. The first-order valence-corrected chi connectivity index (χ1v) is 8.83. The third-order valence-electron chi connectivity index (χ3n) is 4.17. The lowest BCUT2D eigenvalue weighted by molar-refractivity contribution is 0.548. The molecule has 0 saturated heterocycles. The first-order valence-electron chi connectivity index (χ1n) is 7.63. The third-order valence-corrected chi connectivity index (χ3v) is 5.75. The standard InChI is InChI=1S/C18H13ClF2N2OS/c1-18(2)8-23-15-9(7-22-17(23)24)5-12(19)14(16(15)25-18)11-4-3-10(20)6-13(11)21/h3-7H,8H2,1-2H3. The Hall–Kier alpha value is -1.92. The Morgan fingerprint density at radius 2 is 2.04 bits per heavy atom. The molecule has 2 aromatic carbocycles. The normalized spacial score (nSPS) is 15.6. The van der Waals surface area contributed by atoms with Gasteiger partial charge < -0.3 is 0 Å². The summed E-state index contributed by atoms with van der Waals surface area (Å²) in [6.45, 7) is 4.48. The summed E-state index contributed by atoms with van der Waals surface area (Å²) in [5.41, 5.74) is 1.02. The summed E-state index contributed by atoms with van der Waals surface area (Å²) >= 11 is 7.99. The van der Waals surface area contributed by atoms with Gasteiger partial charge in [0.05, 0.1) is 10.5 Å². The number of halogens is 3. The molecule has 0 aliphatic carbocycles. The molecule has 128 valence electrons. The number of hydrogen-bond donors (Lipinski definition) is 0. The van der Waals surface area contributed by atoms with Crippen LogP contribution >= 0.6 is 23.4 Å². The Bertz CT molecular complexity index is 1090. The molecular formula is C18H13ClF2N2OS. The van der Waals surface area contributed by atoms with Crippen LogP contribution < -0.4 is 5.69 Å². The molecule has 4 rings (SSSR count). The van der Waals surface area contributed by atoms with Crippen LogP contribution in [0.2, 0.25) is 5.02 Å². The first-order chi connectivity index (χ1) is 11.8. The van der Waals surface area contributed by atoms with Gasteiger partial charge in [-0.1, -0.05) is 11.6 Å². The highest BCUT2D eigenvalue weighted by molar-refractivity contribution is 8.01. The van der Waals surface area contributed by atoms with Crippen molar-refractivity contribution in [2.75, 3.05) is 0 Å². The lowest BCUT2D eigenvalue weighted by Gasteiger charge is -2.33. The molecule has 0 unspecified atom stereocenters. The molecule has 0 fully saturated rings. The Morgan fingerprint density at radius 3 is 2.76 bits per heavy atom. The van der Waals surface area contributed by atoms with Crippen molar-refractivity contribution in [2.45, 2.75) is 30.0 Å². The minimum atomic E-state index is -0.690. The topological polar surface area (TPSA) is 34.9 Å². The van der Waals surface area contributed by atoms with Gasteiger partial charge in [-0.3, -0.25) is 4.57 Å². The van der Waals surface area contributed by atoms with E-state index in [4.69, 9.17) is 11.6 Å². The van der Waals surface area contributed by atoms with Crippen LogP contribution in [0.25, 0.3) is 22.0 Å². The fourth-order valence-corrected chi connectivity index (χ4v) is 4.94. The molecule has 1 aliphatic heterocycles. The van der Waals surface area contributed by atoms with Gasteiger partial charge >= 0.3 is 5.69 Å². The molecule has 0 spiro atoms. The fraction of sp³-hybridized carbons (Fsp3) is 0.222. The van der Waals surface area contributed by atoms with Crippen LogP contribution in [0.1, 0.15) is 13.8 Å². The molecule has 25 heavy (non-hydrogen) atoms. The zero-order valence-corrected chi connectivity index (χ0v) is 15.0. The molecule has 0 saturated carbocycles. The van der Waals surface area contributed by atoms with Gasteiger partial charge in [0, 0.05) is 45.0 Å². The number of hydrogen-bond acceptors (Lipinski definition) is 3. The van der Waals surface area contributed by atoms with Crippen LogP contribution in [-0.4, -0.2) is 14.3 Å². The van der Waals surface area contributed by atoms with E-state index in [1.165, 1.54) is 30.1 Å². The number of aromatic nitrogens is 2. The van der Waals surface area contributed by atoms with Crippen LogP contribution in [0.3, 0.4) is 0 Å². The molecule has 1 aliphatic rings. The van der Waals surface area contributed by atoms with Gasteiger partial charge in [0.1, 0.15) is 11.6 Å². The van der Waals surface area contributed by atoms with Crippen LogP contribution in [0.5, 0.6) is 0 Å². The van der Waals surface area contributed by atoms with Crippen molar-refractivity contribution in [1.29, 1.82) is 0 Å². The Morgan fingerprint density at radius 1 is 1.28 bits per heavy atom. The summed E-state index contributed by atoms with van der Waals surface area (Å²) in [4.78, 5) is 16.9. The van der Waals surface area contributed by atoms with E-state index in [1.807, 2.05) is 13.8 Å². The molecule has 0 bridgehead atoms. The van der Waals surface area contributed by atoms with Crippen molar-refractivity contribution in [3.05, 3.63) is 57.6 Å². The number of thioether (sulfide) groups is 1. The highest BCUT2D eigenvalue weighted by Gasteiger charge is 2.32. The molecule has 7 heteroatoms. The number of rotatable bonds is 1. The number of benzene rings is 2. The van der Waals surface area contributed by atoms with Crippen LogP contribution in [0, 0.1) is 11.6 Å². The minimum Gasteiger partial charge on any atom is -0.289 e. The predicted octanol–water partition coefficient (Wildman–Crippen LogP) is 4.88. The Labute approximate surface area is 151 Å². The molecule has 3 aromatic rings. The van der Waals surface area contributed by atoms with Crippen LogP contribution in [0.4, 0.5) is 8.78 Å². The van der Waals surface area contributed by atoms with Gasteiger partial charge in [0.15, 0.2) is 0 Å². The van der Waals surface area contributed by atoms with Gasteiger partial charge in [-0.25, -0.2) is 18.6 Å². The summed E-state index contributed by atoms with van der Waals surface area (Å²) in [6, 6.07) is 5.07. The third kappa shape index (κ3) is 2.64. The van der Waals surface area contributed by atoms with E-state index in [-0.39, 0.29) is 16.0 Å². The van der Waals surface area contributed by atoms with E-state index in [9.17, 15) is 13.6 Å². The SMILES string of the molecule is CC1(C)Cn2c(=O)ncc3cc(Cl)c(-c4ccc(F)cc4F)c(c32)S1. The summed E-state index contributed by atoms with van der Waals surface area (Å²) in [5.74, 6) is -1.34. The molecular weight excluding hydrogens is 366 g/mol. The highest BCUT2D eigenvalue weighted by Crippen LogP contribution is 2.49. The average Bonchev–Trinajstić information content (AvgIpc) is 2.51. The van der Waals surface area contributed by atoms with Crippen molar-refractivity contribution in [3.63, 3.8) is 0 Å². The van der Waals surface area contributed by atoms with Crippen molar-refractivity contribution >= 4 is 34.3 Å². The molecule has 0 radical (unpaired) electrons. The summed E-state index contributed by atoms with van der Waals surface area (Å²) in [6.07, 6.45) is 1.48. The maximum atomic E-state index is 14.4. The predicted molar refractivity (Wildman–Crippen MR) is 96.3 cm³/mol. The maximum absolute atomic E-state index is 14.4. The van der Waals surface area contributed by atoms with Crippen LogP contribution in [0.15, 0.2) is 40.2 Å². The van der Waals surface area contributed by atoms with E-state index in [0.717, 1.165) is 6.07 Å². The lowest BCUT2D eigenvalue weighted by Crippen LogP contribution is -2.35. The molecule has 0 N–H and O–H groups in total. The fourth-order valence-electron chi connectivity index (χ4n) is 3.18. The maximum Gasteiger partial charge on any atom is 0.348 e. The van der Waals surface area contributed by atoms with E-state index < -0.39 is 11.6 Å². The van der Waals surface area contributed by atoms with Crippen molar-refractivity contribution in [1.82, 2.24) is 9.55 Å². The smallest absolute Gasteiger partial charge is 0.289 e. The van der Waals surface area contributed by atoms with E-state index in [2.05, 4.69) is 4.98 Å². The Balaban J connectivity index is 2.15. The zero-order chi connectivity index (χ0) is 17.9. The van der Waals surface area contributed by atoms with Gasteiger partial charge in [-0.2, -0.15) is 0 Å². The van der Waals surface area contributed by atoms with E-state index in [0.29, 0.717) is 32.9 Å². The van der Waals surface area contributed by atoms with Gasteiger partial charge in [0.25, 0.3) is 0 Å². The summed E-state index contributed by atoms with van der Waals surface area (Å²) in [5, 5.41) is 1.05. The Kier molecular flexibility index (Phi) is 3.67. The average molecular weight is 379 g/mol. The van der Waals surface area contributed by atoms with E-state index in [1.54, 1.807) is 10.6 Å². The molecule has 0 atom stereocenters. The molecule has 3 nitrogen and oxygen atoms in total. The number of nitrogens with zero attached hydrogens (tertiary/aromatic N) is 2. The molecule has 1 aromatic heterocycles. The van der Waals surface area contributed by atoms with Crippen molar-refractivity contribution in [3.8, 4) is 11.1 Å². The lowest BCUT2D eigenvalue weighted by atomic mass is 10.0. The summed E-state index contributed by atoms with van der Waals surface area (Å²) < 4.78 is 29.0. The first kappa shape index (κ1) is 16.5. The second kappa shape index (κ2) is 5.54. The van der Waals surface area contributed by atoms with Crippen molar-refractivity contribution in [2.24, 2.45) is 0 Å². The van der Waals surface area contributed by atoms with Gasteiger partial charge in [-0.15, -0.1) is 11.8 Å². The highest BCUT2D eigenvalue weighted by atomic mass is 35.5. The van der Waals surface area contributed by atoms with E-state index >= 15 is 0 Å². The van der Waals surface area contributed by atoms with Crippen molar-refractivity contribution < 1.29 is 8.78 Å². The summed E-state index contributed by atoms with van der Waals surface area (Å²) in [7, 11) is 0. The monoisotopic (exact) mass is 378 g/mol. The quantitative estimate of drug-likeness (QED) is 0.605. The van der Waals surface area contributed by atoms with Gasteiger partial charge in [-0.05, 0) is 32.0 Å². The molecule has 2 heterocycles. The minimum absolute atomic E-state index is 0.212. The molecule has 0 amide bonds. The van der Waals surface area contributed by atoms with Gasteiger partial charge in [0.2, 0.25) is 0 Å².